The quantitative estimate of drug-likeness (QED) is 0.448. The zero-order valence-corrected chi connectivity index (χ0v) is 5.52. The SMILES string of the molecule is N.N#CC#N.[Ca+2].[H-].[H-]. The molecule has 0 amide bonds. The maximum absolute atomic E-state index is 7.26. The van der Waals surface area contributed by atoms with Gasteiger partial charge in [0.15, 0.2) is 12.1 Å². The molecule has 3 N–H and O–H groups in total. The van der Waals surface area contributed by atoms with Crippen molar-refractivity contribution in [3.8, 4) is 12.1 Å². The predicted octanol–water partition coefficient (Wildman–Crippen LogP) is 0.0398. The minimum absolute atomic E-state index is 0. The van der Waals surface area contributed by atoms with E-state index < -0.39 is 0 Å². The molecule has 0 saturated heterocycles. The molecule has 30 valence electrons. The minimum Gasteiger partial charge on any atom is -1.00 e. The maximum atomic E-state index is 7.26. The summed E-state index contributed by atoms with van der Waals surface area (Å²) >= 11 is 0. The monoisotopic (exact) mass is 111 g/mol. The van der Waals surface area contributed by atoms with Gasteiger partial charge >= 0.3 is 37.7 Å². The van der Waals surface area contributed by atoms with Gasteiger partial charge in [-0.1, -0.05) is 0 Å². The fourth-order valence-corrected chi connectivity index (χ4v) is 0. The zero-order chi connectivity index (χ0) is 3.41. The molecular formula is C2H5CaN3. The van der Waals surface area contributed by atoms with Crippen LogP contribution in [0.2, 0.25) is 0 Å². The molecular weight excluding hydrogens is 106 g/mol. The van der Waals surface area contributed by atoms with Gasteiger partial charge in [0.05, 0.1) is 0 Å². The molecule has 0 radical (unpaired) electrons. The third-order valence-electron chi connectivity index (χ3n) is 0.0500. The van der Waals surface area contributed by atoms with E-state index in [1.807, 2.05) is 0 Å². The Balaban J connectivity index is -0.00000000750. The molecule has 0 heterocycles. The van der Waals surface area contributed by atoms with Crippen molar-refractivity contribution in [2.45, 2.75) is 0 Å². The second kappa shape index (κ2) is 19.0. The van der Waals surface area contributed by atoms with E-state index >= 15 is 0 Å². The largest absolute Gasteiger partial charge is 2.00 e. The van der Waals surface area contributed by atoms with Crippen molar-refractivity contribution in [2.75, 3.05) is 0 Å². The smallest absolute Gasteiger partial charge is 1.00 e. The van der Waals surface area contributed by atoms with Gasteiger partial charge in [-0.3, -0.25) is 0 Å². The molecule has 0 aromatic carbocycles. The fourth-order valence-electron chi connectivity index (χ4n) is 0. The van der Waals surface area contributed by atoms with Gasteiger partial charge in [-0.05, 0) is 0 Å². The number of nitriles is 2. The molecule has 0 bridgehead atoms. The summed E-state index contributed by atoms with van der Waals surface area (Å²) in [5.74, 6) is 0. The molecule has 6 heavy (non-hydrogen) atoms. The van der Waals surface area contributed by atoms with Crippen LogP contribution in [-0.2, 0) is 0 Å². The number of rotatable bonds is 0. The van der Waals surface area contributed by atoms with Crippen molar-refractivity contribution >= 4 is 37.7 Å². The zero-order valence-electron chi connectivity index (χ0n) is 5.31. The number of hydrogen-bond donors (Lipinski definition) is 1. The summed E-state index contributed by atoms with van der Waals surface area (Å²) in [5, 5.41) is 14.5. The van der Waals surface area contributed by atoms with Crippen molar-refractivity contribution < 1.29 is 2.85 Å². The Morgan fingerprint density at radius 1 is 1.17 bits per heavy atom. The summed E-state index contributed by atoms with van der Waals surface area (Å²) in [5.41, 5.74) is 0. The van der Waals surface area contributed by atoms with Crippen LogP contribution < -0.4 is 6.15 Å². The van der Waals surface area contributed by atoms with E-state index in [2.05, 4.69) is 0 Å². The van der Waals surface area contributed by atoms with Crippen molar-refractivity contribution in [3.05, 3.63) is 0 Å². The summed E-state index contributed by atoms with van der Waals surface area (Å²) in [4.78, 5) is 0. The van der Waals surface area contributed by atoms with E-state index in [1.54, 1.807) is 0 Å². The van der Waals surface area contributed by atoms with Crippen LogP contribution in [0.3, 0.4) is 0 Å². The van der Waals surface area contributed by atoms with Crippen LogP contribution in [0, 0.1) is 22.7 Å². The maximum Gasteiger partial charge on any atom is 2.00 e. The Morgan fingerprint density at radius 2 is 1.33 bits per heavy atom. The van der Waals surface area contributed by atoms with Gasteiger partial charge in [0.1, 0.15) is 0 Å². The first-order valence-corrected chi connectivity index (χ1v) is 0.697. The molecule has 0 aliphatic carbocycles. The number of nitrogens with zero attached hydrogens (tertiary/aromatic N) is 2. The Hall–Kier alpha value is 0.200. The Bertz CT molecular complexity index is 70.3. The van der Waals surface area contributed by atoms with Crippen LogP contribution in [0.1, 0.15) is 2.85 Å². The van der Waals surface area contributed by atoms with Crippen LogP contribution in [-0.4, -0.2) is 37.7 Å². The summed E-state index contributed by atoms with van der Waals surface area (Å²) in [6, 6.07) is 2.47. The topological polar surface area (TPSA) is 82.6 Å². The van der Waals surface area contributed by atoms with E-state index in [0.717, 1.165) is 0 Å². The van der Waals surface area contributed by atoms with Crippen LogP contribution in [0.25, 0.3) is 0 Å². The summed E-state index contributed by atoms with van der Waals surface area (Å²) in [7, 11) is 0. The summed E-state index contributed by atoms with van der Waals surface area (Å²) < 4.78 is 0. The van der Waals surface area contributed by atoms with Gasteiger partial charge in [-0.25, -0.2) is 0 Å². The van der Waals surface area contributed by atoms with Gasteiger partial charge in [-0.15, -0.1) is 0 Å². The summed E-state index contributed by atoms with van der Waals surface area (Å²) in [6.45, 7) is 0. The Kier molecular flexibility index (Phi) is 51.7. The van der Waals surface area contributed by atoms with Crippen LogP contribution in [0.4, 0.5) is 0 Å². The van der Waals surface area contributed by atoms with Gasteiger partial charge in [-0.2, -0.15) is 10.5 Å². The van der Waals surface area contributed by atoms with Crippen molar-refractivity contribution in [1.82, 2.24) is 6.15 Å². The van der Waals surface area contributed by atoms with Crippen molar-refractivity contribution in [3.63, 3.8) is 0 Å². The van der Waals surface area contributed by atoms with E-state index in [-0.39, 0.29) is 46.7 Å². The minimum atomic E-state index is 0. The fraction of sp³-hybridized carbons (Fsp3) is 0. The van der Waals surface area contributed by atoms with Crippen LogP contribution in [0.15, 0.2) is 0 Å². The van der Waals surface area contributed by atoms with Gasteiger partial charge < -0.3 is 9.00 Å². The van der Waals surface area contributed by atoms with Gasteiger partial charge in [0.25, 0.3) is 0 Å². The first kappa shape index (κ1) is 16.4. The third kappa shape index (κ3) is 29.9. The first-order valence-electron chi connectivity index (χ1n) is 0.697. The van der Waals surface area contributed by atoms with E-state index in [1.165, 1.54) is 12.1 Å². The molecule has 0 aliphatic heterocycles. The third-order valence-corrected chi connectivity index (χ3v) is 0.0500. The van der Waals surface area contributed by atoms with Crippen LogP contribution in [0.5, 0.6) is 0 Å². The molecule has 0 aromatic rings. The van der Waals surface area contributed by atoms with E-state index in [4.69, 9.17) is 10.5 Å². The van der Waals surface area contributed by atoms with Crippen molar-refractivity contribution in [1.29, 1.82) is 10.5 Å². The average Bonchev–Trinajstić information content (AvgIpc) is 1.37. The summed E-state index contributed by atoms with van der Waals surface area (Å²) in [6.07, 6.45) is 0. The number of hydrogen-bond acceptors (Lipinski definition) is 3. The molecule has 0 rings (SSSR count). The van der Waals surface area contributed by atoms with Gasteiger partial charge in [0, 0.05) is 0 Å². The van der Waals surface area contributed by atoms with Crippen molar-refractivity contribution in [2.24, 2.45) is 0 Å². The van der Waals surface area contributed by atoms with E-state index in [9.17, 15) is 0 Å². The Labute approximate surface area is 69.1 Å². The molecule has 3 nitrogen and oxygen atoms in total. The molecule has 0 unspecified atom stereocenters. The molecule has 0 aromatic heterocycles. The van der Waals surface area contributed by atoms with Crippen LogP contribution >= 0.6 is 0 Å². The van der Waals surface area contributed by atoms with Gasteiger partial charge in [0.2, 0.25) is 0 Å². The normalized spacial score (nSPS) is 1.67. The average molecular weight is 111 g/mol. The first-order chi connectivity index (χ1) is 1.91. The molecule has 0 aliphatic rings. The molecule has 4 heteroatoms. The molecule has 0 saturated carbocycles. The van der Waals surface area contributed by atoms with E-state index in [0.29, 0.717) is 0 Å². The predicted molar refractivity (Wildman–Crippen MR) is 24.2 cm³/mol. The Morgan fingerprint density at radius 3 is 1.33 bits per heavy atom. The second-order valence-corrected chi connectivity index (χ2v) is 0.224. The molecule has 0 fully saturated rings. The standard InChI is InChI=1S/C2N2.Ca.H3N.2H/c3-1-2-4;;;;/h;;1H3;;/q;+2;;2*-1. The second-order valence-electron chi connectivity index (χ2n) is 0.224. The molecule has 0 spiro atoms. The molecule has 0 atom stereocenters.